The maximum absolute atomic E-state index is 12.6. The van der Waals surface area contributed by atoms with Crippen LogP contribution in [0, 0.1) is 0 Å². The largest absolute Gasteiger partial charge is 0.422 e. The average molecular weight is 365 g/mol. The third-order valence-electron chi connectivity index (χ3n) is 5.41. The van der Waals surface area contributed by atoms with E-state index < -0.39 is 0 Å². The van der Waals surface area contributed by atoms with Gasteiger partial charge in [0.2, 0.25) is 0 Å². The number of fused-ring (bicyclic) bond motifs is 6. The molecule has 6 rings (SSSR count). The van der Waals surface area contributed by atoms with Crippen molar-refractivity contribution in [1.29, 1.82) is 0 Å². The van der Waals surface area contributed by atoms with Gasteiger partial charge in [-0.15, -0.1) is 0 Å². The lowest BCUT2D eigenvalue weighted by molar-refractivity contribution is 0.569. The number of hydrogen-bond acceptors (Lipinski definition) is 5. The molecule has 2 aromatic carbocycles. The first-order valence-corrected chi connectivity index (χ1v) is 9.27. The molecular formula is C23H15N3O2. The fourth-order valence-electron chi connectivity index (χ4n) is 4.03. The first-order chi connectivity index (χ1) is 13.8. The van der Waals surface area contributed by atoms with Gasteiger partial charge in [-0.2, -0.15) is 0 Å². The first kappa shape index (κ1) is 15.3. The number of aromatic nitrogens is 1. The minimum Gasteiger partial charge on any atom is -0.422 e. The topological polar surface area (TPSA) is 67.5 Å². The van der Waals surface area contributed by atoms with Gasteiger partial charge in [-0.25, -0.2) is 4.79 Å². The van der Waals surface area contributed by atoms with Crippen LogP contribution in [0.1, 0.15) is 17.7 Å². The molecule has 28 heavy (non-hydrogen) atoms. The minimum absolute atomic E-state index is 0.362. The molecule has 1 aliphatic carbocycles. The lowest BCUT2D eigenvalue weighted by Crippen LogP contribution is -2.14. The summed E-state index contributed by atoms with van der Waals surface area (Å²) in [5.41, 5.74) is 6.78. The van der Waals surface area contributed by atoms with Gasteiger partial charge in [0.1, 0.15) is 5.58 Å². The molecule has 0 unspecified atom stereocenters. The van der Waals surface area contributed by atoms with Crippen molar-refractivity contribution in [1.82, 2.24) is 4.98 Å². The van der Waals surface area contributed by atoms with Gasteiger partial charge in [-0.05, 0) is 48.7 Å². The lowest BCUT2D eigenvalue weighted by Gasteiger charge is -2.22. The normalized spacial score (nSPS) is 15.0. The van der Waals surface area contributed by atoms with Crippen molar-refractivity contribution >= 4 is 45.2 Å². The Hall–Kier alpha value is -3.73. The van der Waals surface area contributed by atoms with Crippen LogP contribution >= 0.6 is 0 Å². The molecule has 4 aromatic rings. The molecule has 1 aliphatic heterocycles. The van der Waals surface area contributed by atoms with Crippen molar-refractivity contribution in [3.8, 4) is 0 Å². The molecule has 1 N–H and O–H groups in total. The molecule has 0 bridgehead atoms. The Labute approximate surface area is 160 Å². The third-order valence-corrected chi connectivity index (χ3v) is 5.41. The van der Waals surface area contributed by atoms with E-state index in [-0.39, 0.29) is 5.63 Å². The number of benzene rings is 2. The van der Waals surface area contributed by atoms with Gasteiger partial charge in [-0.1, -0.05) is 24.3 Å². The molecular weight excluding hydrogens is 350 g/mol. The van der Waals surface area contributed by atoms with E-state index in [4.69, 9.17) is 9.40 Å². The summed E-state index contributed by atoms with van der Waals surface area (Å²) >= 11 is 0. The summed E-state index contributed by atoms with van der Waals surface area (Å²) in [5, 5.41) is 4.88. The number of pyridine rings is 1. The lowest BCUT2D eigenvalue weighted by atomic mass is 9.92. The molecule has 0 radical (unpaired) electrons. The number of nitrogens with one attached hydrogen (secondary N) is 1. The zero-order valence-corrected chi connectivity index (χ0v) is 14.9. The number of aryl methyl sites for hydroxylation is 1. The van der Waals surface area contributed by atoms with Crippen molar-refractivity contribution in [2.24, 2.45) is 4.99 Å². The summed E-state index contributed by atoms with van der Waals surface area (Å²) in [4.78, 5) is 22.2. The van der Waals surface area contributed by atoms with Crippen LogP contribution in [0.25, 0.3) is 27.6 Å². The maximum Gasteiger partial charge on any atom is 0.345 e. The molecule has 5 nitrogen and oxygen atoms in total. The molecule has 0 saturated carbocycles. The molecule has 3 heterocycles. The smallest absolute Gasteiger partial charge is 0.345 e. The van der Waals surface area contributed by atoms with Gasteiger partial charge in [0.15, 0.2) is 0 Å². The van der Waals surface area contributed by atoms with E-state index in [9.17, 15) is 4.79 Å². The van der Waals surface area contributed by atoms with Gasteiger partial charge >= 0.3 is 5.63 Å². The van der Waals surface area contributed by atoms with Crippen LogP contribution in [0.3, 0.4) is 0 Å². The summed E-state index contributed by atoms with van der Waals surface area (Å²) in [6.07, 6.45) is 3.58. The van der Waals surface area contributed by atoms with Crippen LogP contribution in [-0.2, 0) is 6.42 Å². The van der Waals surface area contributed by atoms with Gasteiger partial charge in [0.25, 0.3) is 0 Å². The molecule has 5 heteroatoms. The summed E-state index contributed by atoms with van der Waals surface area (Å²) in [6, 6.07) is 17.4. The number of aliphatic imine (C=N–C) groups is 1. The highest BCUT2D eigenvalue weighted by molar-refractivity contribution is 6.05. The molecule has 0 saturated heterocycles. The SMILES string of the molecule is O=c1oc2ccccc2c2nc3c(cc12)C1=C(C=Nc2ccccc2N1)CC3. The van der Waals surface area contributed by atoms with Crippen LogP contribution in [0.4, 0.5) is 11.4 Å². The summed E-state index contributed by atoms with van der Waals surface area (Å²) in [7, 11) is 0. The van der Waals surface area contributed by atoms with Crippen LogP contribution in [0.2, 0.25) is 0 Å². The highest BCUT2D eigenvalue weighted by Crippen LogP contribution is 2.37. The van der Waals surface area contributed by atoms with E-state index >= 15 is 0 Å². The average Bonchev–Trinajstić information content (AvgIpc) is 2.92. The Morgan fingerprint density at radius 2 is 1.82 bits per heavy atom. The van der Waals surface area contributed by atoms with Crippen LogP contribution < -0.4 is 10.9 Å². The number of para-hydroxylation sites is 3. The minimum atomic E-state index is -0.362. The quantitative estimate of drug-likeness (QED) is 0.358. The Bertz CT molecular complexity index is 1410. The van der Waals surface area contributed by atoms with Crippen molar-refractivity contribution in [2.75, 3.05) is 5.32 Å². The van der Waals surface area contributed by atoms with Crippen molar-refractivity contribution in [2.45, 2.75) is 12.8 Å². The number of allylic oxidation sites excluding steroid dienone is 1. The summed E-state index contributed by atoms with van der Waals surface area (Å²) in [6.45, 7) is 0. The van der Waals surface area contributed by atoms with E-state index in [2.05, 4.69) is 10.3 Å². The van der Waals surface area contributed by atoms with Crippen molar-refractivity contribution < 1.29 is 4.42 Å². The molecule has 2 aromatic heterocycles. The van der Waals surface area contributed by atoms with Crippen LogP contribution in [-0.4, -0.2) is 11.2 Å². The van der Waals surface area contributed by atoms with E-state index in [1.807, 2.05) is 54.7 Å². The highest BCUT2D eigenvalue weighted by Gasteiger charge is 2.24. The fourth-order valence-corrected chi connectivity index (χ4v) is 4.03. The maximum atomic E-state index is 12.6. The van der Waals surface area contributed by atoms with Gasteiger partial charge in [0, 0.05) is 17.2 Å². The van der Waals surface area contributed by atoms with Crippen LogP contribution in [0.15, 0.2) is 74.4 Å². The van der Waals surface area contributed by atoms with E-state index in [1.165, 1.54) is 0 Å². The van der Waals surface area contributed by atoms with E-state index in [1.54, 1.807) is 6.07 Å². The monoisotopic (exact) mass is 365 g/mol. The number of rotatable bonds is 0. The fraction of sp³-hybridized carbons (Fsp3) is 0.0870. The molecule has 0 atom stereocenters. The molecule has 134 valence electrons. The molecule has 0 fully saturated rings. The second kappa shape index (κ2) is 5.63. The van der Waals surface area contributed by atoms with E-state index in [0.29, 0.717) is 16.5 Å². The predicted molar refractivity (Wildman–Crippen MR) is 111 cm³/mol. The second-order valence-corrected chi connectivity index (χ2v) is 7.07. The van der Waals surface area contributed by atoms with Crippen molar-refractivity contribution in [3.63, 3.8) is 0 Å². The zero-order chi connectivity index (χ0) is 18.7. The van der Waals surface area contributed by atoms with Gasteiger partial charge in [0.05, 0.1) is 33.7 Å². The number of anilines is 1. The Balaban J connectivity index is 1.63. The zero-order valence-electron chi connectivity index (χ0n) is 14.9. The van der Waals surface area contributed by atoms with E-state index in [0.717, 1.165) is 52.1 Å². The third kappa shape index (κ3) is 2.16. The summed E-state index contributed by atoms with van der Waals surface area (Å²) in [5.74, 6) is 0. The van der Waals surface area contributed by atoms with Crippen molar-refractivity contribution in [3.05, 3.63) is 81.8 Å². The molecule has 0 amide bonds. The first-order valence-electron chi connectivity index (χ1n) is 9.27. The number of hydrogen-bond donors (Lipinski definition) is 1. The van der Waals surface area contributed by atoms with Crippen LogP contribution in [0.5, 0.6) is 0 Å². The van der Waals surface area contributed by atoms with Gasteiger partial charge < -0.3 is 9.73 Å². The number of nitrogens with zero attached hydrogens (tertiary/aromatic N) is 2. The highest BCUT2D eigenvalue weighted by atomic mass is 16.4. The predicted octanol–water partition coefficient (Wildman–Crippen LogP) is 4.83. The standard InChI is InChI=1S/C23H15N3O2/c27-23-16-11-15-17(25-22(16)14-5-1-4-8-20(14)28-23)10-9-13-12-24-18-6-2-3-7-19(18)26-21(13)15/h1-8,11-12,26H,9-10H2. The Morgan fingerprint density at radius 3 is 2.79 bits per heavy atom. The molecule has 0 spiro atoms. The second-order valence-electron chi connectivity index (χ2n) is 7.07. The summed E-state index contributed by atoms with van der Waals surface area (Å²) < 4.78 is 5.52. The Kier molecular flexibility index (Phi) is 3.09. The molecule has 2 aliphatic rings. The van der Waals surface area contributed by atoms with Gasteiger partial charge in [-0.3, -0.25) is 9.98 Å². The Morgan fingerprint density at radius 1 is 0.964 bits per heavy atom.